The fraction of sp³-hybridized carbons (Fsp3) is 0.0870. The molecule has 3 aromatic carbocycles. The summed E-state index contributed by atoms with van der Waals surface area (Å²) >= 11 is 1.18. The van der Waals surface area contributed by atoms with Crippen molar-refractivity contribution in [2.75, 3.05) is 18.2 Å². The van der Waals surface area contributed by atoms with Crippen molar-refractivity contribution in [3.63, 3.8) is 0 Å². The maximum atomic E-state index is 12.9. The highest BCUT2D eigenvalue weighted by Crippen LogP contribution is 2.26. The number of hydrogen-bond acceptors (Lipinski definition) is 7. The number of para-hydroxylation sites is 3. The molecule has 0 aliphatic heterocycles. The Morgan fingerprint density at radius 3 is 2.50 bits per heavy atom. The van der Waals surface area contributed by atoms with Crippen molar-refractivity contribution in [2.45, 2.75) is 5.16 Å². The summed E-state index contributed by atoms with van der Waals surface area (Å²) in [7, 11) is 1.57. The SMILES string of the molecule is COc1ccccc1-n1nnnc1SCC(=O)Nc1ccccc1C(=O)c1ccccc1. The molecule has 0 spiro atoms. The number of nitrogens with zero attached hydrogens (tertiary/aromatic N) is 4. The van der Waals surface area contributed by atoms with Gasteiger partial charge in [0, 0.05) is 11.1 Å². The lowest BCUT2D eigenvalue weighted by molar-refractivity contribution is -0.113. The Balaban J connectivity index is 1.47. The van der Waals surface area contributed by atoms with E-state index >= 15 is 0 Å². The molecule has 9 heteroatoms. The molecule has 0 saturated carbocycles. The molecule has 0 aliphatic rings. The minimum atomic E-state index is -0.280. The van der Waals surface area contributed by atoms with Crippen molar-refractivity contribution in [1.29, 1.82) is 0 Å². The first kappa shape index (κ1) is 21.3. The average molecular weight is 446 g/mol. The number of aromatic nitrogens is 4. The van der Waals surface area contributed by atoms with Gasteiger partial charge in [0.1, 0.15) is 11.4 Å². The summed E-state index contributed by atoms with van der Waals surface area (Å²) in [6.45, 7) is 0. The van der Waals surface area contributed by atoms with Gasteiger partial charge in [0.2, 0.25) is 11.1 Å². The Morgan fingerprint density at radius 2 is 1.69 bits per heavy atom. The number of tetrazole rings is 1. The van der Waals surface area contributed by atoms with Crippen LogP contribution in [0.4, 0.5) is 5.69 Å². The number of hydrogen-bond donors (Lipinski definition) is 1. The number of rotatable bonds is 8. The molecule has 0 atom stereocenters. The zero-order chi connectivity index (χ0) is 22.3. The maximum Gasteiger partial charge on any atom is 0.234 e. The molecule has 0 fully saturated rings. The zero-order valence-electron chi connectivity index (χ0n) is 17.1. The van der Waals surface area contributed by atoms with Crippen LogP contribution in [0.2, 0.25) is 0 Å². The molecule has 0 bridgehead atoms. The number of thioether (sulfide) groups is 1. The quantitative estimate of drug-likeness (QED) is 0.327. The van der Waals surface area contributed by atoms with Crippen LogP contribution in [0.1, 0.15) is 15.9 Å². The van der Waals surface area contributed by atoms with Crippen molar-refractivity contribution >= 4 is 29.1 Å². The number of amides is 1. The van der Waals surface area contributed by atoms with Crippen LogP contribution in [0.25, 0.3) is 5.69 Å². The fourth-order valence-electron chi connectivity index (χ4n) is 3.08. The Labute approximate surface area is 188 Å². The second kappa shape index (κ2) is 9.88. The van der Waals surface area contributed by atoms with Gasteiger partial charge in [-0.2, -0.15) is 4.68 Å². The predicted molar refractivity (Wildman–Crippen MR) is 121 cm³/mol. The summed E-state index contributed by atoms with van der Waals surface area (Å²) in [4.78, 5) is 25.5. The van der Waals surface area contributed by atoms with Gasteiger partial charge in [-0.1, -0.05) is 66.4 Å². The van der Waals surface area contributed by atoms with Gasteiger partial charge in [-0.25, -0.2) is 0 Å². The van der Waals surface area contributed by atoms with E-state index in [9.17, 15) is 9.59 Å². The molecule has 32 heavy (non-hydrogen) atoms. The molecule has 1 heterocycles. The molecule has 0 radical (unpaired) electrons. The van der Waals surface area contributed by atoms with E-state index in [1.54, 1.807) is 61.7 Å². The van der Waals surface area contributed by atoms with E-state index in [0.29, 0.717) is 33.4 Å². The van der Waals surface area contributed by atoms with E-state index in [1.807, 2.05) is 24.3 Å². The highest BCUT2D eigenvalue weighted by molar-refractivity contribution is 7.99. The van der Waals surface area contributed by atoms with Crippen LogP contribution in [-0.4, -0.2) is 44.8 Å². The largest absolute Gasteiger partial charge is 0.494 e. The van der Waals surface area contributed by atoms with Gasteiger partial charge in [0.25, 0.3) is 0 Å². The number of ether oxygens (including phenoxy) is 1. The van der Waals surface area contributed by atoms with Gasteiger partial charge >= 0.3 is 0 Å². The lowest BCUT2D eigenvalue weighted by Crippen LogP contribution is -2.17. The molecule has 0 saturated heterocycles. The van der Waals surface area contributed by atoms with Crippen LogP contribution in [0, 0.1) is 0 Å². The molecule has 160 valence electrons. The summed E-state index contributed by atoms with van der Waals surface area (Å²) in [6, 6.07) is 23.2. The van der Waals surface area contributed by atoms with E-state index in [4.69, 9.17) is 4.74 Å². The highest BCUT2D eigenvalue weighted by atomic mass is 32.2. The Hall–Kier alpha value is -3.98. The molecule has 4 rings (SSSR count). The van der Waals surface area contributed by atoms with Crippen LogP contribution in [-0.2, 0) is 4.79 Å². The van der Waals surface area contributed by atoms with E-state index in [1.165, 1.54) is 16.4 Å². The fourth-order valence-corrected chi connectivity index (χ4v) is 3.76. The molecule has 0 aliphatic carbocycles. The molecule has 1 aromatic heterocycles. The van der Waals surface area contributed by atoms with Gasteiger partial charge in [-0.15, -0.1) is 5.10 Å². The molecule has 8 nitrogen and oxygen atoms in total. The van der Waals surface area contributed by atoms with E-state index in [2.05, 4.69) is 20.8 Å². The van der Waals surface area contributed by atoms with Crippen molar-refractivity contribution < 1.29 is 14.3 Å². The number of ketones is 1. The lowest BCUT2D eigenvalue weighted by Gasteiger charge is -2.11. The Morgan fingerprint density at radius 1 is 0.969 bits per heavy atom. The third kappa shape index (κ3) is 4.68. The Bertz CT molecular complexity index is 1240. The van der Waals surface area contributed by atoms with Crippen molar-refractivity contribution in [2.24, 2.45) is 0 Å². The van der Waals surface area contributed by atoms with Crippen LogP contribution in [0.5, 0.6) is 5.75 Å². The van der Waals surface area contributed by atoms with Crippen molar-refractivity contribution in [3.8, 4) is 11.4 Å². The number of carbonyl (C=O) groups is 2. The van der Waals surface area contributed by atoms with E-state index in [0.717, 1.165) is 0 Å². The number of nitrogens with one attached hydrogen (secondary N) is 1. The summed E-state index contributed by atoms with van der Waals surface area (Å²) in [5.74, 6) is 0.232. The second-order valence-corrected chi connectivity index (χ2v) is 7.57. The number of carbonyl (C=O) groups excluding carboxylic acids is 2. The van der Waals surface area contributed by atoms with Gasteiger partial charge in [-0.3, -0.25) is 9.59 Å². The average Bonchev–Trinajstić information content (AvgIpc) is 3.31. The molecule has 1 amide bonds. The normalized spacial score (nSPS) is 10.5. The van der Waals surface area contributed by atoms with Crippen LogP contribution in [0.3, 0.4) is 0 Å². The van der Waals surface area contributed by atoms with E-state index in [-0.39, 0.29) is 17.4 Å². The first-order valence-electron chi connectivity index (χ1n) is 9.70. The Kier molecular flexibility index (Phi) is 6.57. The summed E-state index contributed by atoms with van der Waals surface area (Å²) < 4.78 is 6.88. The second-order valence-electron chi connectivity index (χ2n) is 6.62. The monoisotopic (exact) mass is 445 g/mol. The van der Waals surface area contributed by atoms with Crippen molar-refractivity contribution in [1.82, 2.24) is 20.2 Å². The molecule has 0 unspecified atom stereocenters. The maximum absolute atomic E-state index is 12.9. The van der Waals surface area contributed by atoms with Crippen molar-refractivity contribution in [3.05, 3.63) is 90.0 Å². The molecular weight excluding hydrogens is 426 g/mol. The zero-order valence-corrected chi connectivity index (χ0v) is 18.0. The van der Waals surface area contributed by atoms with Crippen LogP contribution >= 0.6 is 11.8 Å². The van der Waals surface area contributed by atoms with E-state index < -0.39 is 0 Å². The van der Waals surface area contributed by atoms with Gasteiger partial charge in [0.05, 0.1) is 18.6 Å². The third-order valence-corrected chi connectivity index (χ3v) is 5.49. The summed E-state index contributed by atoms with van der Waals surface area (Å²) in [5.41, 5.74) is 2.11. The minimum absolute atomic E-state index is 0.0589. The number of benzene rings is 3. The lowest BCUT2D eigenvalue weighted by atomic mass is 10.0. The summed E-state index contributed by atoms with van der Waals surface area (Å²) in [5, 5.41) is 15.0. The first-order valence-corrected chi connectivity index (χ1v) is 10.7. The topological polar surface area (TPSA) is 99.0 Å². The number of anilines is 1. The van der Waals surface area contributed by atoms with Crippen LogP contribution in [0.15, 0.2) is 84.0 Å². The smallest absolute Gasteiger partial charge is 0.234 e. The third-order valence-electron chi connectivity index (χ3n) is 4.57. The standard InChI is InChI=1S/C23H19N5O3S/c1-31-20-14-8-7-13-19(20)28-23(25-26-27-28)32-15-21(29)24-18-12-6-5-11-17(18)22(30)16-9-3-2-4-10-16/h2-14H,15H2,1H3,(H,24,29). The number of methoxy groups -OCH3 is 1. The van der Waals surface area contributed by atoms with Gasteiger partial charge in [0.15, 0.2) is 5.78 Å². The summed E-state index contributed by atoms with van der Waals surface area (Å²) in [6.07, 6.45) is 0. The highest BCUT2D eigenvalue weighted by Gasteiger charge is 2.17. The molecule has 1 N–H and O–H groups in total. The van der Waals surface area contributed by atoms with Crippen LogP contribution < -0.4 is 10.1 Å². The van der Waals surface area contributed by atoms with Gasteiger partial charge in [-0.05, 0) is 34.7 Å². The van der Waals surface area contributed by atoms with Gasteiger partial charge < -0.3 is 10.1 Å². The molecule has 4 aromatic rings. The first-order chi connectivity index (χ1) is 15.7. The minimum Gasteiger partial charge on any atom is -0.494 e. The molecular formula is C23H19N5O3S. The predicted octanol–water partition coefficient (Wildman–Crippen LogP) is 3.63.